The summed E-state index contributed by atoms with van der Waals surface area (Å²) in [5.74, 6) is 1.89. The molecule has 1 aromatic rings. The molecule has 3 rings (SSSR count). The van der Waals surface area contributed by atoms with Gasteiger partial charge in [-0.1, -0.05) is 12.8 Å². The monoisotopic (exact) mass is 501 g/mol. The van der Waals surface area contributed by atoms with Crippen LogP contribution < -0.4 is 10.2 Å². The molecule has 2 heterocycles. The van der Waals surface area contributed by atoms with E-state index in [4.69, 9.17) is 0 Å². The van der Waals surface area contributed by atoms with Gasteiger partial charge in [0.1, 0.15) is 0 Å². The SMILES string of the molecule is CN=C(NCC1(C(=O)N(C)C)CCCC1)N1CCN(c2ncccn2)CC1.I. The Kier molecular flexibility index (Phi) is 8.26. The van der Waals surface area contributed by atoms with Crippen LogP contribution in [0.25, 0.3) is 0 Å². The summed E-state index contributed by atoms with van der Waals surface area (Å²) >= 11 is 0. The fourth-order valence-corrected chi connectivity index (χ4v) is 4.15. The first-order valence-electron chi connectivity index (χ1n) is 9.75. The van der Waals surface area contributed by atoms with Crippen LogP contribution >= 0.6 is 24.0 Å². The van der Waals surface area contributed by atoms with Gasteiger partial charge >= 0.3 is 0 Å². The molecule has 0 spiro atoms. The topological polar surface area (TPSA) is 77.0 Å². The van der Waals surface area contributed by atoms with Crippen molar-refractivity contribution in [3.05, 3.63) is 18.5 Å². The molecule has 1 saturated carbocycles. The second-order valence-electron chi connectivity index (χ2n) is 7.61. The molecule has 1 amide bonds. The van der Waals surface area contributed by atoms with Crippen molar-refractivity contribution < 1.29 is 4.79 Å². The molecule has 0 unspecified atom stereocenters. The zero-order chi connectivity index (χ0) is 19.3. The van der Waals surface area contributed by atoms with Crippen molar-refractivity contribution in [1.29, 1.82) is 0 Å². The summed E-state index contributed by atoms with van der Waals surface area (Å²) in [6.07, 6.45) is 7.70. The van der Waals surface area contributed by atoms with E-state index in [9.17, 15) is 4.79 Å². The Bertz CT molecular complexity index is 654. The van der Waals surface area contributed by atoms with Gasteiger partial charge in [0.05, 0.1) is 5.41 Å². The number of halogens is 1. The third-order valence-electron chi connectivity index (χ3n) is 5.63. The molecule has 2 aliphatic rings. The Hall–Kier alpha value is -1.65. The number of rotatable bonds is 4. The lowest BCUT2D eigenvalue weighted by Crippen LogP contribution is -2.55. The number of hydrogen-bond acceptors (Lipinski definition) is 5. The Morgan fingerprint density at radius 2 is 1.79 bits per heavy atom. The summed E-state index contributed by atoms with van der Waals surface area (Å²) < 4.78 is 0. The molecule has 8 nitrogen and oxygen atoms in total. The van der Waals surface area contributed by atoms with Crippen LogP contribution in [0, 0.1) is 5.41 Å². The van der Waals surface area contributed by atoms with E-state index in [0.29, 0.717) is 6.54 Å². The van der Waals surface area contributed by atoms with Crippen molar-refractivity contribution >= 4 is 41.8 Å². The quantitative estimate of drug-likeness (QED) is 0.383. The number of aliphatic imine (C=N–C) groups is 1. The Labute approximate surface area is 184 Å². The van der Waals surface area contributed by atoms with Crippen LogP contribution in [0.2, 0.25) is 0 Å². The highest BCUT2D eigenvalue weighted by molar-refractivity contribution is 14.0. The van der Waals surface area contributed by atoms with Crippen molar-refractivity contribution in [2.45, 2.75) is 25.7 Å². The Morgan fingerprint density at radius 3 is 2.32 bits per heavy atom. The molecule has 1 N–H and O–H groups in total. The van der Waals surface area contributed by atoms with Crippen LogP contribution in [0.15, 0.2) is 23.5 Å². The zero-order valence-electron chi connectivity index (χ0n) is 17.1. The summed E-state index contributed by atoms with van der Waals surface area (Å²) in [5.41, 5.74) is -0.293. The van der Waals surface area contributed by atoms with Gasteiger partial charge in [0.25, 0.3) is 0 Å². The van der Waals surface area contributed by atoms with Crippen LogP contribution in [0.4, 0.5) is 5.95 Å². The minimum atomic E-state index is -0.293. The lowest BCUT2D eigenvalue weighted by Gasteiger charge is -2.38. The molecule has 2 fully saturated rings. The number of aromatic nitrogens is 2. The molecule has 0 radical (unpaired) electrons. The first kappa shape index (κ1) is 22.6. The molecular weight excluding hydrogens is 469 g/mol. The highest BCUT2D eigenvalue weighted by Gasteiger charge is 2.42. The molecular formula is C19H32IN7O. The average molecular weight is 501 g/mol. The molecule has 1 aliphatic heterocycles. The average Bonchev–Trinajstić information content (AvgIpc) is 3.19. The first-order valence-corrected chi connectivity index (χ1v) is 9.75. The number of nitrogens with one attached hydrogen (secondary N) is 1. The number of nitrogens with zero attached hydrogens (tertiary/aromatic N) is 6. The summed E-state index contributed by atoms with van der Waals surface area (Å²) in [6.45, 7) is 4.07. The molecule has 1 saturated heterocycles. The van der Waals surface area contributed by atoms with Gasteiger partial charge in [0.15, 0.2) is 5.96 Å². The fraction of sp³-hybridized carbons (Fsp3) is 0.684. The Morgan fingerprint density at radius 1 is 1.18 bits per heavy atom. The van der Waals surface area contributed by atoms with Gasteiger partial charge in [-0.15, -0.1) is 24.0 Å². The van der Waals surface area contributed by atoms with E-state index in [0.717, 1.165) is 63.8 Å². The smallest absolute Gasteiger partial charge is 0.230 e. The zero-order valence-corrected chi connectivity index (χ0v) is 19.4. The van der Waals surface area contributed by atoms with Gasteiger partial charge < -0.3 is 20.0 Å². The molecule has 156 valence electrons. The molecule has 0 bridgehead atoms. The first-order chi connectivity index (χ1) is 13.1. The van der Waals surface area contributed by atoms with Crippen LogP contribution in [-0.4, -0.2) is 85.5 Å². The van der Waals surface area contributed by atoms with Gasteiger partial charge in [0.2, 0.25) is 11.9 Å². The Balaban J connectivity index is 0.00000280. The van der Waals surface area contributed by atoms with Gasteiger partial charge in [-0.3, -0.25) is 9.79 Å². The second kappa shape index (κ2) is 10.2. The number of amides is 1. The van der Waals surface area contributed by atoms with E-state index in [1.54, 1.807) is 17.3 Å². The summed E-state index contributed by atoms with van der Waals surface area (Å²) in [6, 6.07) is 1.83. The third-order valence-corrected chi connectivity index (χ3v) is 5.63. The highest BCUT2D eigenvalue weighted by Crippen LogP contribution is 2.39. The molecule has 0 aromatic carbocycles. The number of anilines is 1. The van der Waals surface area contributed by atoms with E-state index < -0.39 is 0 Å². The van der Waals surface area contributed by atoms with Crippen molar-refractivity contribution in [1.82, 2.24) is 25.1 Å². The highest BCUT2D eigenvalue weighted by atomic mass is 127. The van der Waals surface area contributed by atoms with E-state index in [-0.39, 0.29) is 35.3 Å². The maximum atomic E-state index is 12.8. The number of piperazine rings is 1. The standard InChI is InChI=1S/C19H31N7O.HI/c1-20-17(23-15-19(7-4-5-8-19)16(27)24(2)3)25-11-13-26(14-12-25)18-21-9-6-10-22-18;/h6,9-10H,4-5,7-8,11-15H2,1-3H3,(H,20,23);1H. The predicted octanol–water partition coefficient (Wildman–Crippen LogP) is 1.44. The van der Waals surface area contributed by atoms with Gasteiger partial charge in [-0.2, -0.15) is 0 Å². The summed E-state index contributed by atoms with van der Waals surface area (Å²) in [5, 5.41) is 3.49. The number of guanidine groups is 1. The van der Waals surface area contributed by atoms with Crippen LogP contribution in [-0.2, 0) is 4.79 Å². The van der Waals surface area contributed by atoms with E-state index >= 15 is 0 Å². The molecule has 1 aromatic heterocycles. The van der Waals surface area contributed by atoms with E-state index in [1.165, 1.54) is 0 Å². The van der Waals surface area contributed by atoms with E-state index in [1.807, 2.05) is 27.2 Å². The van der Waals surface area contributed by atoms with Crippen molar-refractivity contribution in [3.8, 4) is 0 Å². The largest absolute Gasteiger partial charge is 0.355 e. The normalized spacial score (nSPS) is 19.2. The molecule has 1 aliphatic carbocycles. The molecule has 28 heavy (non-hydrogen) atoms. The number of carbonyl (C=O) groups excluding carboxylic acids is 1. The number of carbonyl (C=O) groups is 1. The van der Waals surface area contributed by atoms with Crippen LogP contribution in [0.1, 0.15) is 25.7 Å². The predicted molar refractivity (Wildman–Crippen MR) is 122 cm³/mol. The molecule has 0 atom stereocenters. The van der Waals surface area contributed by atoms with Gasteiger partial charge in [-0.05, 0) is 18.9 Å². The van der Waals surface area contributed by atoms with E-state index in [2.05, 4.69) is 30.1 Å². The summed E-state index contributed by atoms with van der Waals surface area (Å²) in [4.78, 5) is 32.1. The second-order valence-corrected chi connectivity index (χ2v) is 7.61. The maximum absolute atomic E-state index is 12.8. The minimum absolute atomic E-state index is 0. The minimum Gasteiger partial charge on any atom is -0.355 e. The fourth-order valence-electron chi connectivity index (χ4n) is 4.15. The van der Waals surface area contributed by atoms with Gasteiger partial charge in [0, 0.05) is 66.3 Å². The maximum Gasteiger partial charge on any atom is 0.230 e. The van der Waals surface area contributed by atoms with Crippen molar-refractivity contribution in [2.75, 3.05) is 58.8 Å². The lowest BCUT2D eigenvalue weighted by molar-refractivity contribution is -0.138. The third kappa shape index (κ3) is 5.03. The van der Waals surface area contributed by atoms with Crippen LogP contribution in [0.5, 0.6) is 0 Å². The molecule has 9 heteroatoms. The van der Waals surface area contributed by atoms with Crippen molar-refractivity contribution in [2.24, 2.45) is 10.4 Å². The summed E-state index contributed by atoms with van der Waals surface area (Å²) in [7, 11) is 5.51. The lowest BCUT2D eigenvalue weighted by atomic mass is 9.84. The van der Waals surface area contributed by atoms with Crippen LogP contribution in [0.3, 0.4) is 0 Å². The van der Waals surface area contributed by atoms with Gasteiger partial charge in [-0.25, -0.2) is 9.97 Å². The van der Waals surface area contributed by atoms with Crippen molar-refractivity contribution in [3.63, 3.8) is 0 Å². The number of hydrogen-bond donors (Lipinski definition) is 1.